The first kappa shape index (κ1) is 18.0. The molecule has 0 aromatic heterocycles. The average Bonchev–Trinajstić information content (AvgIpc) is 2.46. The van der Waals surface area contributed by atoms with Gasteiger partial charge in [0.25, 0.3) is 0 Å². The molecule has 1 amide bonds. The summed E-state index contributed by atoms with van der Waals surface area (Å²) in [4.78, 5) is 22.8. The van der Waals surface area contributed by atoms with E-state index in [0.29, 0.717) is 13.0 Å². The molecule has 0 heterocycles. The fraction of sp³-hybridized carbons (Fsp3) is 0.500. The van der Waals surface area contributed by atoms with E-state index < -0.39 is 23.6 Å². The lowest BCUT2D eigenvalue weighted by Gasteiger charge is -2.27. The van der Waals surface area contributed by atoms with E-state index in [4.69, 9.17) is 9.84 Å². The average molecular weight is 308 g/mol. The second-order valence-corrected chi connectivity index (χ2v) is 5.75. The third-order valence-corrected chi connectivity index (χ3v) is 3.15. The van der Waals surface area contributed by atoms with Crippen molar-refractivity contribution < 1.29 is 19.4 Å². The first-order valence-electron chi connectivity index (χ1n) is 7.29. The highest BCUT2D eigenvalue weighted by molar-refractivity contribution is 5.73. The van der Waals surface area contributed by atoms with E-state index in [1.54, 1.807) is 20.8 Å². The number of hydrogen-bond acceptors (Lipinski definition) is 4. The van der Waals surface area contributed by atoms with Gasteiger partial charge < -0.3 is 20.5 Å². The lowest BCUT2D eigenvalue weighted by Crippen LogP contribution is -2.53. The normalized spacial score (nSPS) is 12.5. The maximum absolute atomic E-state index is 11.8. The molecule has 122 valence electrons. The molecular formula is C16H24N2O4. The topological polar surface area (TPSA) is 87.7 Å². The van der Waals surface area contributed by atoms with Gasteiger partial charge in [-0.2, -0.15) is 0 Å². The summed E-state index contributed by atoms with van der Waals surface area (Å²) in [5, 5.41) is 14.6. The molecule has 0 bridgehead atoms. The van der Waals surface area contributed by atoms with Crippen molar-refractivity contribution in [2.75, 3.05) is 6.54 Å². The van der Waals surface area contributed by atoms with Gasteiger partial charge in [0.05, 0.1) is 5.54 Å². The number of carbonyl (C=O) groups is 2. The molecule has 0 spiro atoms. The van der Waals surface area contributed by atoms with Crippen LogP contribution in [0, 0.1) is 0 Å². The standard InChI is InChI=1S/C16H24N2O4/c1-4-13(14(19)20)17-11-16(2,3)18-15(21)22-10-12-8-6-5-7-9-12/h5-9,13,17H,4,10-11H2,1-3H3,(H,18,21)(H,19,20). The summed E-state index contributed by atoms with van der Waals surface area (Å²) in [6, 6.07) is 8.77. The number of amides is 1. The summed E-state index contributed by atoms with van der Waals surface area (Å²) in [5.41, 5.74) is 0.293. The Morgan fingerprint density at radius 2 is 1.91 bits per heavy atom. The van der Waals surface area contributed by atoms with E-state index in [1.807, 2.05) is 30.3 Å². The zero-order valence-electron chi connectivity index (χ0n) is 13.3. The Labute approximate surface area is 130 Å². The van der Waals surface area contributed by atoms with Crippen molar-refractivity contribution in [2.24, 2.45) is 0 Å². The Kier molecular flexibility index (Phi) is 6.85. The molecule has 1 aromatic rings. The predicted molar refractivity (Wildman–Crippen MR) is 83.6 cm³/mol. The molecule has 6 nitrogen and oxygen atoms in total. The van der Waals surface area contributed by atoms with Crippen molar-refractivity contribution in [3.05, 3.63) is 35.9 Å². The van der Waals surface area contributed by atoms with Crippen LogP contribution >= 0.6 is 0 Å². The van der Waals surface area contributed by atoms with Crippen molar-refractivity contribution in [2.45, 2.75) is 45.4 Å². The zero-order valence-corrected chi connectivity index (χ0v) is 13.3. The number of hydrogen-bond donors (Lipinski definition) is 3. The predicted octanol–water partition coefficient (Wildman–Crippen LogP) is 2.14. The maximum atomic E-state index is 11.8. The van der Waals surface area contributed by atoms with Crippen molar-refractivity contribution in [3.8, 4) is 0 Å². The summed E-state index contributed by atoms with van der Waals surface area (Å²) in [7, 11) is 0. The lowest BCUT2D eigenvalue weighted by atomic mass is 10.1. The van der Waals surface area contributed by atoms with Gasteiger partial charge in [-0.3, -0.25) is 4.79 Å². The third-order valence-electron chi connectivity index (χ3n) is 3.15. The molecule has 0 saturated heterocycles. The van der Waals surface area contributed by atoms with Crippen LogP contribution in [0.5, 0.6) is 0 Å². The van der Waals surface area contributed by atoms with Crippen molar-refractivity contribution in [1.29, 1.82) is 0 Å². The monoisotopic (exact) mass is 308 g/mol. The zero-order chi connectivity index (χ0) is 16.6. The van der Waals surface area contributed by atoms with Gasteiger partial charge in [-0.15, -0.1) is 0 Å². The van der Waals surface area contributed by atoms with E-state index in [1.165, 1.54) is 0 Å². The number of alkyl carbamates (subject to hydrolysis) is 1. The highest BCUT2D eigenvalue weighted by atomic mass is 16.5. The number of nitrogens with one attached hydrogen (secondary N) is 2. The molecule has 1 unspecified atom stereocenters. The van der Waals surface area contributed by atoms with E-state index in [-0.39, 0.29) is 6.61 Å². The smallest absolute Gasteiger partial charge is 0.407 e. The van der Waals surface area contributed by atoms with Crippen LogP contribution in [0.15, 0.2) is 30.3 Å². The molecule has 0 aliphatic rings. The number of ether oxygens (including phenoxy) is 1. The SMILES string of the molecule is CCC(NCC(C)(C)NC(=O)OCc1ccccc1)C(=O)O. The molecule has 3 N–H and O–H groups in total. The van der Waals surface area contributed by atoms with E-state index >= 15 is 0 Å². The molecular weight excluding hydrogens is 284 g/mol. The molecule has 1 atom stereocenters. The van der Waals surface area contributed by atoms with Gasteiger partial charge in [-0.1, -0.05) is 37.3 Å². The highest BCUT2D eigenvalue weighted by Crippen LogP contribution is 2.05. The van der Waals surface area contributed by atoms with Crippen LogP contribution in [0.4, 0.5) is 4.79 Å². The molecule has 0 aliphatic carbocycles. The summed E-state index contributed by atoms with van der Waals surface area (Å²) < 4.78 is 5.15. The largest absolute Gasteiger partial charge is 0.480 e. The van der Waals surface area contributed by atoms with Gasteiger partial charge in [-0.05, 0) is 25.8 Å². The summed E-state index contributed by atoms with van der Waals surface area (Å²) in [5.74, 6) is -0.898. The van der Waals surface area contributed by atoms with Crippen LogP contribution in [0.3, 0.4) is 0 Å². The molecule has 0 fully saturated rings. The van der Waals surface area contributed by atoms with Crippen LogP contribution in [0.1, 0.15) is 32.8 Å². The highest BCUT2D eigenvalue weighted by Gasteiger charge is 2.24. The Hall–Kier alpha value is -2.08. The molecule has 0 saturated carbocycles. The van der Waals surface area contributed by atoms with Crippen LogP contribution in [-0.2, 0) is 16.1 Å². The minimum atomic E-state index is -0.898. The van der Waals surface area contributed by atoms with E-state index in [2.05, 4.69) is 10.6 Å². The summed E-state index contributed by atoms with van der Waals surface area (Å²) in [6.45, 7) is 5.93. The quantitative estimate of drug-likeness (QED) is 0.685. The van der Waals surface area contributed by atoms with Gasteiger partial charge in [0.1, 0.15) is 12.6 Å². The Bertz CT molecular complexity index is 488. The molecule has 22 heavy (non-hydrogen) atoms. The maximum Gasteiger partial charge on any atom is 0.407 e. The van der Waals surface area contributed by atoms with Gasteiger partial charge in [0.15, 0.2) is 0 Å². The van der Waals surface area contributed by atoms with Crippen LogP contribution in [0.25, 0.3) is 0 Å². The van der Waals surface area contributed by atoms with Crippen molar-refractivity contribution in [3.63, 3.8) is 0 Å². The number of rotatable bonds is 8. The van der Waals surface area contributed by atoms with Gasteiger partial charge in [-0.25, -0.2) is 4.79 Å². The van der Waals surface area contributed by atoms with Crippen molar-refractivity contribution in [1.82, 2.24) is 10.6 Å². The molecule has 0 radical (unpaired) electrons. The Morgan fingerprint density at radius 3 is 2.45 bits per heavy atom. The van der Waals surface area contributed by atoms with Gasteiger partial charge in [0.2, 0.25) is 0 Å². The van der Waals surface area contributed by atoms with Crippen LogP contribution < -0.4 is 10.6 Å². The number of aliphatic carboxylic acids is 1. The van der Waals surface area contributed by atoms with E-state index in [9.17, 15) is 9.59 Å². The minimum Gasteiger partial charge on any atom is -0.480 e. The van der Waals surface area contributed by atoms with Gasteiger partial charge >= 0.3 is 12.1 Å². The number of carboxylic acids is 1. The van der Waals surface area contributed by atoms with E-state index in [0.717, 1.165) is 5.56 Å². The lowest BCUT2D eigenvalue weighted by molar-refractivity contribution is -0.139. The van der Waals surface area contributed by atoms with Crippen LogP contribution in [0.2, 0.25) is 0 Å². The minimum absolute atomic E-state index is 0.197. The molecule has 6 heteroatoms. The fourth-order valence-corrected chi connectivity index (χ4v) is 1.86. The molecule has 0 aliphatic heterocycles. The summed E-state index contributed by atoms with van der Waals surface area (Å²) in [6.07, 6.45) is -0.0526. The second-order valence-electron chi connectivity index (χ2n) is 5.75. The van der Waals surface area contributed by atoms with Crippen molar-refractivity contribution >= 4 is 12.1 Å². The number of benzene rings is 1. The Balaban J connectivity index is 2.39. The summed E-state index contributed by atoms with van der Waals surface area (Å²) >= 11 is 0. The fourth-order valence-electron chi connectivity index (χ4n) is 1.86. The Morgan fingerprint density at radius 1 is 1.27 bits per heavy atom. The molecule has 1 aromatic carbocycles. The first-order chi connectivity index (χ1) is 10.3. The number of carbonyl (C=O) groups excluding carboxylic acids is 1. The molecule has 1 rings (SSSR count). The second kappa shape index (κ2) is 8.38. The van der Waals surface area contributed by atoms with Crippen LogP contribution in [-0.4, -0.2) is 35.3 Å². The first-order valence-corrected chi connectivity index (χ1v) is 7.29. The number of carboxylic acid groups (broad SMARTS) is 1. The third kappa shape index (κ3) is 6.58. The van der Waals surface area contributed by atoms with Gasteiger partial charge in [0, 0.05) is 6.54 Å².